The first-order chi connectivity index (χ1) is 9.83. The number of hydrogen-bond acceptors (Lipinski definition) is 4. The summed E-state index contributed by atoms with van der Waals surface area (Å²) < 4.78 is 28.3. The van der Waals surface area contributed by atoms with Crippen LogP contribution >= 0.6 is 38.9 Å². The Morgan fingerprint density at radius 1 is 1.33 bits per heavy atom. The van der Waals surface area contributed by atoms with Crippen molar-refractivity contribution >= 4 is 54.6 Å². The molecule has 0 amide bonds. The van der Waals surface area contributed by atoms with Gasteiger partial charge in [-0.2, -0.15) is 0 Å². The van der Waals surface area contributed by atoms with Crippen LogP contribution in [0.3, 0.4) is 0 Å². The van der Waals surface area contributed by atoms with Gasteiger partial charge in [-0.05, 0) is 59.7 Å². The molecule has 0 saturated carbocycles. The van der Waals surface area contributed by atoms with Crippen LogP contribution < -0.4 is 10.0 Å². The standard InChI is InChI=1S/C13H14BrClN2O2S2/c1-8-5-13(20-12(8)7-16-2)21(18,19)17-9-3-4-11(15)10(14)6-9/h3-6,16-17H,7H2,1-2H3. The van der Waals surface area contributed by atoms with E-state index in [1.165, 1.54) is 11.3 Å². The average molecular weight is 410 g/mol. The van der Waals surface area contributed by atoms with E-state index in [0.29, 0.717) is 25.9 Å². The van der Waals surface area contributed by atoms with Gasteiger partial charge in [-0.3, -0.25) is 4.72 Å². The van der Waals surface area contributed by atoms with Crippen LogP contribution in [-0.4, -0.2) is 15.5 Å². The van der Waals surface area contributed by atoms with Crippen molar-refractivity contribution in [1.82, 2.24) is 5.32 Å². The van der Waals surface area contributed by atoms with Crippen molar-refractivity contribution in [2.24, 2.45) is 0 Å². The van der Waals surface area contributed by atoms with Crippen LogP contribution in [0.25, 0.3) is 0 Å². The van der Waals surface area contributed by atoms with Crippen LogP contribution in [0.15, 0.2) is 32.9 Å². The number of hydrogen-bond donors (Lipinski definition) is 2. The van der Waals surface area contributed by atoms with Gasteiger partial charge in [0.2, 0.25) is 0 Å². The molecule has 2 aromatic rings. The number of benzene rings is 1. The first kappa shape index (κ1) is 16.8. The number of rotatable bonds is 5. The zero-order valence-corrected chi connectivity index (χ0v) is 15.4. The third kappa shape index (κ3) is 3.98. The van der Waals surface area contributed by atoms with E-state index in [-0.39, 0.29) is 0 Å². The van der Waals surface area contributed by atoms with E-state index >= 15 is 0 Å². The second kappa shape index (κ2) is 6.66. The molecular formula is C13H14BrClN2O2S2. The molecule has 0 radical (unpaired) electrons. The highest BCUT2D eigenvalue weighted by Crippen LogP contribution is 2.30. The lowest BCUT2D eigenvalue weighted by Crippen LogP contribution is -2.11. The van der Waals surface area contributed by atoms with Gasteiger partial charge >= 0.3 is 0 Å². The van der Waals surface area contributed by atoms with Crippen LogP contribution in [0.1, 0.15) is 10.4 Å². The van der Waals surface area contributed by atoms with Crippen molar-refractivity contribution in [2.75, 3.05) is 11.8 Å². The van der Waals surface area contributed by atoms with Crippen LogP contribution in [0.2, 0.25) is 5.02 Å². The van der Waals surface area contributed by atoms with Gasteiger partial charge in [0, 0.05) is 15.9 Å². The van der Waals surface area contributed by atoms with Gasteiger partial charge in [0.15, 0.2) is 0 Å². The highest BCUT2D eigenvalue weighted by Gasteiger charge is 2.19. The van der Waals surface area contributed by atoms with Crippen molar-refractivity contribution in [3.05, 3.63) is 44.2 Å². The third-order valence-corrected chi connectivity index (χ3v) is 7.08. The minimum absolute atomic E-state index is 0.302. The molecule has 4 nitrogen and oxygen atoms in total. The molecule has 0 saturated heterocycles. The summed E-state index contributed by atoms with van der Waals surface area (Å²) in [6.07, 6.45) is 0. The van der Waals surface area contributed by atoms with Gasteiger partial charge in [0.1, 0.15) is 4.21 Å². The lowest BCUT2D eigenvalue weighted by atomic mass is 10.3. The Morgan fingerprint density at radius 3 is 2.67 bits per heavy atom. The summed E-state index contributed by atoms with van der Waals surface area (Å²) in [5.41, 5.74) is 1.43. The molecule has 0 unspecified atom stereocenters. The first-order valence-corrected chi connectivity index (χ1v) is 9.52. The summed E-state index contributed by atoms with van der Waals surface area (Å²) in [6.45, 7) is 2.56. The summed E-state index contributed by atoms with van der Waals surface area (Å²) in [6, 6.07) is 6.58. The molecule has 0 fully saturated rings. The van der Waals surface area contributed by atoms with E-state index in [9.17, 15) is 8.42 Å². The lowest BCUT2D eigenvalue weighted by Gasteiger charge is -2.07. The lowest BCUT2D eigenvalue weighted by molar-refractivity contribution is 0.603. The predicted octanol–water partition coefficient (Wildman–Crippen LogP) is 3.99. The molecule has 0 aliphatic carbocycles. The van der Waals surface area contributed by atoms with Crippen molar-refractivity contribution in [3.8, 4) is 0 Å². The van der Waals surface area contributed by atoms with Crippen LogP contribution in [-0.2, 0) is 16.6 Å². The molecule has 1 aromatic heterocycles. The summed E-state index contributed by atoms with van der Waals surface area (Å²) in [5, 5.41) is 3.56. The molecule has 21 heavy (non-hydrogen) atoms. The number of anilines is 1. The monoisotopic (exact) mass is 408 g/mol. The Hall–Kier alpha value is -0.600. The van der Waals surface area contributed by atoms with Crippen LogP contribution in [0, 0.1) is 6.92 Å². The van der Waals surface area contributed by atoms with E-state index in [0.717, 1.165) is 10.4 Å². The molecule has 1 aromatic carbocycles. The van der Waals surface area contributed by atoms with E-state index in [1.807, 2.05) is 14.0 Å². The van der Waals surface area contributed by atoms with E-state index in [4.69, 9.17) is 11.6 Å². The molecule has 0 atom stereocenters. The largest absolute Gasteiger partial charge is 0.315 e. The van der Waals surface area contributed by atoms with E-state index in [2.05, 4.69) is 26.0 Å². The Balaban J connectivity index is 2.29. The third-order valence-electron chi connectivity index (χ3n) is 2.77. The number of thiophene rings is 1. The molecule has 0 aliphatic heterocycles. The Bertz CT molecular complexity index is 760. The summed E-state index contributed by atoms with van der Waals surface area (Å²) in [7, 11) is -1.76. The quantitative estimate of drug-likeness (QED) is 0.785. The summed E-state index contributed by atoms with van der Waals surface area (Å²) in [4.78, 5) is 1.01. The molecule has 0 aliphatic rings. The van der Waals surface area contributed by atoms with Gasteiger partial charge in [0.25, 0.3) is 10.0 Å². The topological polar surface area (TPSA) is 58.2 Å². The molecule has 1 heterocycles. The van der Waals surface area contributed by atoms with Gasteiger partial charge in [0.05, 0.1) is 10.7 Å². The van der Waals surface area contributed by atoms with Crippen LogP contribution in [0.5, 0.6) is 0 Å². The highest BCUT2D eigenvalue weighted by atomic mass is 79.9. The van der Waals surface area contributed by atoms with Crippen molar-refractivity contribution in [2.45, 2.75) is 17.7 Å². The van der Waals surface area contributed by atoms with E-state index < -0.39 is 10.0 Å². The van der Waals surface area contributed by atoms with Crippen molar-refractivity contribution in [1.29, 1.82) is 0 Å². The molecule has 2 N–H and O–H groups in total. The second-order valence-electron chi connectivity index (χ2n) is 4.44. The molecule has 114 valence electrons. The maximum Gasteiger partial charge on any atom is 0.271 e. The minimum atomic E-state index is -3.59. The highest BCUT2D eigenvalue weighted by molar-refractivity contribution is 9.10. The Kier molecular flexibility index (Phi) is 5.32. The Morgan fingerprint density at radius 2 is 2.05 bits per heavy atom. The SMILES string of the molecule is CNCc1sc(S(=O)(=O)Nc2ccc(Cl)c(Br)c2)cc1C. The number of sulfonamides is 1. The van der Waals surface area contributed by atoms with Gasteiger partial charge in [-0.15, -0.1) is 11.3 Å². The Labute approximate surface area is 141 Å². The van der Waals surface area contributed by atoms with Gasteiger partial charge in [-0.1, -0.05) is 11.6 Å². The van der Waals surface area contributed by atoms with Gasteiger partial charge in [-0.25, -0.2) is 8.42 Å². The summed E-state index contributed by atoms with van der Waals surface area (Å²) >= 11 is 10.4. The van der Waals surface area contributed by atoms with E-state index in [1.54, 1.807) is 24.3 Å². The molecule has 8 heteroatoms. The molecule has 0 spiro atoms. The number of nitrogens with one attached hydrogen (secondary N) is 2. The number of aryl methyl sites for hydroxylation is 1. The smallest absolute Gasteiger partial charge is 0.271 e. The fourth-order valence-electron chi connectivity index (χ4n) is 1.72. The number of halogens is 2. The predicted molar refractivity (Wildman–Crippen MR) is 91.8 cm³/mol. The normalized spacial score (nSPS) is 11.6. The maximum atomic E-state index is 12.4. The fourth-order valence-corrected chi connectivity index (χ4v) is 4.87. The van der Waals surface area contributed by atoms with Crippen molar-refractivity contribution in [3.63, 3.8) is 0 Å². The summed E-state index contributed by atoms with van der Waals surface area (Å²) in [5.74, 6) is 0. The van der Waals surface area contributed by atoms with Crippen molar-refractivity contribution < 1.29 is 8.42 Å². The average Bonchev–Trinajstić information content (AvgIpc) is 2.77. The second-order valence-corrected chi connectivity index (χ2v) is 8.74. The molecular weight excluding hydrogens is 396 g/mol. The minimum Gasteiger partial charge on any atom is -0.315 e. The maximum absolute atomic E-state index is 12.4. The van der Waals surface area contributed by atoms with Crippen LogP contribution in [0.4, 0.5) is 5.69 Å². The zero-order chi connectivity index (χ0) is 15.6. The molecule has 2 rings (SSSR count). The van der Waals surface area contributed by atoms with Gasteiger partial charge < -0.3 is 5.32 Å². The zero-order valence-electron chi connectivity index (χ0n) is 11.4. The first-order valence-electron chi connectivity index (χ1n) is 6.05. The molecule has 0 bridgehead atoms. The fraction of sp³-hybridized carbons (Fsp3) is 0.231.